The third kappa shape index (κ3) is 2.16. The van der Waals surface area contributed by atoms with Gasteiger partial charge >= 0.3 is 0 Å². The molecular weight excluding hydrogens is 223 g/mol. The van der Waals surface area contributed by atoms with Gasteiger partial charge in [-0.15, -0.1) is 0 Å². The topological polar surface area (TPSA) is 49.7 Å². The molecule has 0 aliphatic heterocycles. The van der Waals surface area contributed by atoms with Crippen molar-refractivity contribution in [2.45, 2.75) is 19.4 Å². The van der Waals surface area contributed by atoms with E-state index in [-0.39, 0.29) is 22.1 Å². The van der Waals surface area contributed by atoms with Gasteiger partial charge in [-0.25, -0.2) is 4.39 Å². The number of benzene rings is 1. The number of rotatable bonds is 2. The fourth-order valence-corrected chi connectivity index (χ4v) is 1.68. The molecule has 0 aromatic heterocycles. The summed E-state index contributed by atoms with van der Waals surface area (Å²) in [6.07, 6.45) is 0. The van der Waals surface area contributed by atoms with Gasteiger partial charge < -0.3 is 14.9 Å². The number of ether oxygens (including phenoxy) is 1. The highest BCUT2D eigenvalue weighted by Gasteiger charge is 2.28. The van der Waals surface area contributed by atoms with Crippen molar-refractivity contribution < 1.29 is 19.3 Å². The molecule has 0 saturated heterocycles. The Hall–Kier alpha value is -1.00. The molecule has 84 valence electrons. The van der Waals surface area contributed by atoms with E-state index in [1.165, 1.54) is 21.0 Å². The number of aliphatic hydroxyl groups is 1. The molecule has 0 unspecified atom stereocenters. The highest BCUT2D eigenvalue weighted by molar-refractivity contribution is 6.31. The Morgan fingerprint density at radius 1 is 1.47 bits per heavy atom. The molecule has 0 fully saturated rings. The third-order valence-corrected chi connectivity index (χ3v) is 2.36. The summed E-state index contributed by atoms with van der Waals surface area (Å²) >= 11 is 5.66. The molecule has 3 nitrogen and oxygen atoms in total. The highest BCUT2D eigenvalue weighted by atomic mass is 35.5. The van der Waals surface area contributed by atoms with Gasteiger partial charge in [0.25, 0.3) is 0 Å². The van der Waals surface area contributed by atoms with Crippen LogP contribution in [-0.2, 0) is 5.60 Å². The lowest BCUT2D eigenvalue weighted by Gasteiger charge is -2.22. The zero-order chi connectivity index (χ0) is 11.8. The second-order valence-electron chi connectivity index (χ2n) is 3.66. The largest absolute Gasteiger partial charge is 0.504 e. The quantitative estimate of drug-likeness (QED) is 0.826. The van der Waals surface area contributed by atoms with E-state index in [2.05, 4.69) is 0 Å². The molecule has 1 rings (SSSR count). The highest BCUT2D eigenvalue weighted by Crippen LogP contribution is 2.42. The number of halogens is 2. The molecule has 0 radical (unpaired) electrons. The maximum Gasteiger partial charge on any atom is 0.165 e. The Labute approximate surface area is 92.1 Å². The van der Waals surface area contributed by atoms with Crippen molar-refractivity contribution in [3.05, 3.63) is 22.5 Å². The minimum absolute atomic E-state index is 0.0611. The lowest BCUT2D eigenvalue weighted by atomic mass is 9.96. The van der Waals surface area contributed by atoms with E-state index in [1.54, 1.807) is 0 Å². The first-order chi connectivity index (χ1) is 6.79. The summed E-state index contributed by atoms with van der Waals surface area (Å²) in [4.78, 5) is 0. The van der Waals surface area contributed by atoms with Crippen molar-refractivity contribution in [3.63, 3.8) is 0 Å². The Kier molecular flexibility index (Phi) is 3.11. The second-order valence-corrected chi connectivity index (χ2v) is 4.04. The molecule has 1 aromatic carbocycles. The van der Waals surface area contributed by atoms with Crippen LogP contribution in [0, 0.1) is 5.82 Å². The van der Waals surface area contributed by atoms with Crippen molar-refractivity contribution in [2.75, 3.05) is 7.11 Å². The molecular formula is C10H12ClFO3. The molecule has 0 atom stereocenters. The van der Waals surface area contributed by atoms with Crippen molar-refractivity contribution >= 4 is 11.6 Å². The molecule has 0 aliphatic rings. The number of hydrogen-bond acceptors (Lipinski definition) is 3. The molecule has 15 heavy (non-hydrogen) atoms. The monoisotopic (exact) mass is 234 g/mol. The van der Waals surface area contributed by atoms with Crippen LogP contribution in [0.4, 0.5) is 4.39 Å². The molecule has 0 saturated carbocycles. The summed E-state index contributed by atoms with van der Waals surface area (Å²) < 4.78 is 18.1. The van der Waals surface area contributed by atoms with Crippen LogP contribution in [0.3, 0.4) is 0 Å². The van der Waals surface area contributed by atoms with Crippen molar-refractivity contribution in [1.82, 2.24) is 0 Å². The average molecular weight is 235 g/mol. The van der Waals surface area contributed by atoms with E-state index in [0.717, 1.165) is 6.07 Å². The first-order valence-electron chi connectivity index (χ1n) is 4.26. The standard InChI is InChI=1S/C10H12ClFO3/c1-10(2,14)7-8(11)5(12)4-6(15-3)9(7)13/h4,13-14H,1-3H3. The van der Waals surface area contributed by atoms with Crippen LogP contribution in [0.5, 0.6) is 11.5 Å². The molecule has 0 spiro atoms. The molecule has 0 bridgehead atoms. The summed E-state index contributed by atoms with van der Waals surface area (Å²) in [7, 11) is 1.29. The van der Waals surface area contributed by atoms with Crippen molar-refractivity contribution in [1.29, 1.82) is 0 Å². The Balaban J connectivity index is 3.55. The zero-order valence-corrected chi connectivity index (χ0v) is 9.39. The van der Waals surface area contributed by atoms with Gasteiger partial charge in [-0.2, -0.15) is 0 Å². The summed E-state index contributed by atoms with van der Waals surface area (Å²) in [6, 6.07) is 0.965. The fraction of sp³-hybridized carbons (Fsp3) is 0.400. The SMILES string of the molecule is COc1cc(F)c(Cl)c(C(C)(C)O)c1O. The van der Waals surface area contributed by atoms with Crippen LogP contribution in [0.15, 0.2) is 6.07 Å². The van der Waals surface area contributed by atoms with E-state index in [4.69, 9.17) is 16.3 Å². The minimum Gasteiger partial charge on any atom is -0.504 e. The van der Waals surface area contributed by atoms with E-state index in [9.17, 15) is 14.6 Å². The van der Waals surface area contributed by atoms with Gasteiger partial charge in [0.1, 0.15) is 5.82 Å². The van der Waals surface area contributed by atoms with Crippen LogP contribution < -0.4 is 4.74 Å². The predicted molar refractivity (Wildman–Crippen MR) is 54.9 cm³/mol. The maximum atomic E-state index is 13.3. The molecule has 0 heterocycles. The van der Waals surface area contributed by atoms with Gasteiger partial charge in [0.15, 0.2) is 11.5 Å². The average Bonchev–Trinajstić information content (AvgIpc) is 2.09. The number of hydrogen-bond donors (Lipinski definition) is 2. The molecule has 2 N–H and O–H groups in total. The first kappa shape index (κ1) is 12.1. The summed E-state index contributed by atoms with van der Waals surface area (Å²) in [5, 5.41) is 19.1. The lowest BCUT2D eigenvalue weighted by Crippen LogP contribution is -2.17. The number of phenolic OH excluding ortho intramolecular Hbond substituents is 1. The Morgan fingerprint density at radius 2 is 2.00 bits per heavy atom. The van der Waals surface area contributed by atoms with Gasteiger partial charge in [-0.3, -0.25) is 0 Å². The molecule has 5 heteroatoms. The minimum atomic E-state index is -1.45. The van der Waals surface area contributed by atoms with Crippen molar-refractivity contribution in [2.24, 2.45) is 0 Å². The van der Waals surface area contributed by atoms with E-state index in [0.29, 0.717) is 0 Å². The Morgan fingerprint density at radius 3 is 2.40 bits per heavy atom. The lowest BCUT2D eigenvalue weighted by molar-refractivity contribution is 0.0750. The number of aromatic hydroxyl groups is 1. The van der Waals surface area contributed by atoms with E-state index in [1.807, 2.05) is 0 Å². The Bertz CT molecular complexity index is 385. The maximum absolute atomic E-state index is 13.3. The summed E-state index contributed by atoms with van der Waals surface area (Å²) in [6.45, 7) is 2.79. The smallest absolute Gasteiger partial charge is 0.165 e. The first-order valence-corrected chi connectivity index (χ1v) is 4.64. The van der Waals surface area contributed by atoms with Crippen molar-refractivity contribution in [3.8, 4) is 11.5 Å². The summed E-state index contributed by atoms with van der Waals surface area (Å²) in [5.74, 6) is -1.16. The normalized spacial score (nSPS) is 11.6. The van der Waals surface area contributed by atoms with Crippen LogP contribution in [0.2, 0.25) is 5.02 Å². The predicted octanol–water partition coefficient (Wildman–Crippen LogP) is 2.42. The van der Waals surface area contributed by atoms with E-state index >= 15 is 0 Å². The van der Waals surface area contributed by atoms with Gasteiger partial charge in [0.2, 0.25) is 0 Å². The second kappa shape index (κ2) is 3.87. The van der Waals surface area contributed by atoms with Gasteiger partial charge in [-0.1, -0.05) is 11.6 Å². The van der Waals surface area contributed by atoms with Gasteiger partial charge in [0.05, 0.1) is 23.3 Å². The summed E-state index contributed by atoms with van der Waals surface area (Å²) in [5.41, 5.74) is -1.53. The van der Waals surface area contributed by atoms with Crippen LogP contribution in [0.25, 0.3) is 0 Å². The van der Waals surface area contributed by atoms with Crippen LogP contribution in [0.1, 0.15) is 19.4 Å². The van der Waals surface area contributed by atoms with Gasteiger partial charge in [0, 0.05) is 6.07 Å². The molecule has 0 aliphatic carbocycles. The van der Waals surface area contributed by atoms with Crippen LogP contribution >= 0.6 is 11.6 Å². The molecule has 0 amide bonds. The number of methoxy groups -OCH3 is 1. The third-order valence-electron chi connectivity index (χ3n) is 1.99. The van der Waals surface area contributed by atoms with Gasteiger partial charge in [-0.05, 0) is 13.8 Å². The molecule has 1 aromatic rings. The van der Waals surface area contributed by atoms with Crippen LogP contribution in [-0.4, -0.2) is 17.3 Å². The zero-order valence-electron chi connectivity index (χ0n) is 8.64. The fourth-order valence-electron chi connectivity index (χ4n) is 1.31. The number of phenols is 1. The van der Waals surface area contributed by atoms with E-state index < -0.39 is 11.4 Å².